The first-order valence-corrected chi connectivity index (χ1v) is 5.16. The predicted molar refractivity (Wildman–Crippen MR) is 59.4 cm³/mol. The van der Waals surface area contributed by atoms with Crippen molar-refractivity contribution in [1.82, 2.24) is 0 Å². The maximum Gasteiger partial charge on any atom is 0.125 e. The van der Waals surface area contributed by atoms with Crippen LogP contribution in [0.3, 0.4) is 0 Å². The number of hydrogen-bond acceptors (Lipinski definition) is 1. The molecule has 1 nitrogen and oxygen atoms in total. The molecule has 0 amide bonds. The van der Waals surface area contributed by atoms with Gasteiger partial charge in [0, 0.05) is 10.0 Å². The van der Waals surface area contributed by atoms with Crippen molar-refractivity contribution in [3.8, 4) is 5.75 Å². The van der Waals surface area contributed by atoms with E-state index in [-0.39, 0.29) is 0 Å². The van der Waals surface area contributed by atoms with Crippen LogP contribution in [0.2, 0.25) is 0 Å². The Bertz CT molecular complexity index is 312. The van der Waals surface area contributed by atoms with Crippen LogP contribution in [0.4, 0.5) is 0 Å². The van der Waals surface area contributed by atoms with Crippen molar-refractivity contribution in [3.05, 3.63) is 39.3 Å². The van der Waals surface area contributed by atoms with E-state index in [0.29, 0.717) is 11.6 Å². The third-order valence-corrected chi connectivity index (χ3v) is 2.38. The molecule has 4 heteroatoms. The number of rotatable bonds is 3. The minimum Gasteiger partial charge on any atom is -0.488 e. The molecule has 0 aliphatic heterocycles. The van der Waals surface area contributed by atoms with Gasteiger partial charge in [0.1, 0.15) is 12.4 Å². The van der Waals surface area contributed by atoms with Crippen LogP contribution in [-0.4, -0.2) is 6.61 Å². The van der Waals surface area contributed by atoms with Crippen LogP contribution in [0.15, 0.2) is 39.3 Å². The fourth-order valence-electron chi connectivity index (χ4n) is 0.741. The predicted octanol–water partition coefficient (Wildman–Crippen LogP) is 4.15. The molecule has 0 unspecified atom stereocenters. The van der Waals surface area contributed by atoms with E-state index in [0.717, 1.165) is 10.2 Å². The molecule has 0 aliphatic rings. The van der Waals surface area contributed by atoms with Gasteiger partial charge in [-0.2, -0.15) is 0 Å². The molecule has 13 heavy (non-hydrogen) atoms. The maximum atomic E-state index is 5.65. The van der Waals surface area contributed by atoms with Crippen molar-refractivity contribution in [2.45, 2.75) is 0 Å². The largest absolute Gasteiger partial charge is 0.488 e. The van der Waals surface area contributed by atoms with E-state index in [2.05, 4.69) is 15.9 Å². The van der Waals surface area contributed by atoms with Gasteiger partial charge in [0.05, 0.1) is 5.03 Å². The minimum atomic E-state index is 0.293. The van der Waals surface area contributed by atoms with E-state index >= 15 is 0 Å². The number of benzene rings is 1. The summed E-state index contributed by atoms with van der Waals surface area (Å²) in [6, 6.07) is 7.52. The van der Waals surface area contributed by atoms with E-state index in [1.807, 2.05) is 24.3 Å². The van der Waals surface area contributed by atoms with Gasteiger partial charge in [-0.05, 0) is 18.2 Å². The van der Waals surface area contributed by atoms with E-state index in [9.17, 15) is 0 Å². The third kappa shape index (κ3) is 4.03. The highest BCUT2D eigenvalue weighted by atomic mass is 79.9. The lowest BCUT2D eigenvalue weighted by molar-refractivity contribution is 0.359. The van der Waals surface area contributed by atoms with Crippen molar-refractivity contribution in [2.24, 2.45) is 0 Å². The van der Waals surface area contributed by atoms with Gasteiger partial charge >= 0.3 is 0 Å². The first-order chi connectivity index (χ1) is 6.22. The summed E-state index contributed by atoms with van der Waals surface area (Å²) in [5, 5.41) is 0.474. The Kier molecular flexibility index (Phi) is 4.64. The molecule has 0 N–H and O–H groups in total. The second-order valence-corrected chi connectivity index (χ2v) is 3.92. The molecule has 0 aliphatic carbocycles. The van der Waals surface area contributed by atoms with Crippen molar-refractivity contribution < 1.29 is 4.74 Å². The standard InChI is InChI=1S/C9H7BrCl2O/c10-7-2-1-3-9(4-7)13-6-8(12)5-11/h1-5H,6H2. The molecule has 0 aromatic heterocycles. The summed E-state index contributed by atoms with van der Waals surface area (Å²) in [5.74, 6) is 0.756. The van der Waals surface area contributed by atoms with Crippen molar-refractivity contribution in [3.63, 3.8) is 0 Å². The summed E-state index contributed by atoms with van der Waals surface area (Å²) >= 11 is 14.3. The Morgan fingerprint density at radius 1 is 1.54 bits per heavy atom. The smallest absolute Gasteiger partial charge is 0.125 e. The Balaban J connectivity index is 2.55. The van der Waals surface area contributed by atoms with E-state index < -0.39 is 0 Å². The zero-order chi connectivity index (χ0) is 9.68. The normalized spacial score (nSPS) is 11.5. The van der Waals surface area contributed by atoms with Crippen molar-refractivity contribution in [2.75, 3.05) is 6.61 Å². The Morgan fingerprint density at radius 2 is 2.31 bits per heavy atom. The molecule has 1 rings (SSSR count). The Labute approximate surface area is 95.4 Å². The number of ether oxygens (including phenoxy) is 1. The van der Waals surface area contributed by atoms with Crippen LogP contribution in [0.1, 0.15) is 0 Å². The molecule has 0 heterocycles. The lowest BCUT2D eigenvalue weighted by atomic mass is 10.3. The van der Waals surface area contributed by atoms with Crippen LogP contribution in [0, 0.1) is 0 Å². The summed E-state index contributed by atoms with van der Waals surface area (Å²) in [5.41, 5.74) is 1.29. The lowest BCUT2D eigenvalue weighted by Crippen LogP contribution is -1.96. The molecule has 1 aromatic rings. The SMILES string of the molecule is ClC=C(Cl)COc1cccc(Br)c1. The summed E-state index contributed by atoms with van der Waals surface area (Å²) < 4.78 is 6.29. The molecular weight excluding hydrogens is 275 g/mol. The molecule has 0 bridgehead atoms. The second-order valence-electron chi connectivity index (χ2n) is 2.30. The van der Waals surface area contributed by atoms with Gasteiger partial charge in [-0.15, -0.1) is 0 Å². The van der Waals surface area contributed by atoms with E-state index in [4.69, 9.17) is 27.9 Å². The zero-order valence-corrected chi connectivity index (χ0v) is 9.73. The average molecular weight is 282 g/mol. The Hall–Kier alpha value is -0.180. The first kappa shape index (κ1) is 10.9. The van der Waals surface area contributed by atoms with Crippen LogP contribution < -0.4 is 4.74 Å². The molecule has 0 atom stereocenters. The highest BCUT2D eigenvalue weighted by Gasteiger charge is 1.95. The summed E-state index contributed by atoms with van der Waals surface area (Å²) in [4.78, 5) is 0. The summed E-state index contributed by atoms with van der Waals surface area (Å²) in [6.07, 6.45) is 0. The van der Waals surface area contributed by atoms with Crippen LogP contribution in [-0.2, 0) is 0 Å². The van der Waals surface area contributed by atoms with Crippen molar-refractivity contribution >= 4 is 39.1 Å². The molecule has 0 saturated heterocycles. The third-order valence-electron chi connectivity index (χ3n) is 1.29. The fourth-order valence-corrected chi connectivity index (χ4v) is 1.24. The molecule has 0 spiro atoms. The van der Waals surface area contributed by atoms with Crippen LogP contribution in [0.5, 0.6) is 5.75 Å². The van der Waals surface area contributed by atoms with Gasteiger partial charge in [0.15, 0.2) is 0 Å². The first-order valence-electron chi connectivity index (χ1n) is 3.55. The van der Waals surface area contributed by atoms with Crippen LogP contribution in [0.25, 0.3) is 0 Å². The molecule has 1 aromatic carbocycles. The van der Waals surface area contributed by atoms with Crippen LogP contribution >= 0.6 is 39.1 Å². The zero-order valence-electron chi connectivity index (χ0n) is 6.64. The second kappa shape index (κ2) is 5.53. The highest BCUT2D eigenvalue weighted by Crippen LogP contribution is 2.18. The summed E-state index contributed by atoms with van der Waals surface area (Å²) in [6.45, 7) is 0.293. The minimum absolute atomic E-state index is 0.293. The fraction of sp³-hybridized carbons (Fsp3) is 0.111. The van der Waals surface area contributed by atoms with E-state index in [1.165, 1.54) is 5.54 Å². The highest BCUT2D eigenvalue weighted by molar-refractivity contribution is 9.10. The molecule has 0 saturated carbocycles. The van der Waals surface area contributed by atoms with Gasteiger partial charge < -0.3 is 4.74 Å². The number of hydrogen-bond donors (Lipinski definition) is 0. The van der Waals surface area contributed by atoms with Gasteiger partial charge in [0.25, 0.3) is 0 Å². The van der Waals surface area contributed by atoms with Gasteiger partial charge in [0.2, 0.25) is 0 Å². The summed E-state index contributed by atoms with van der Waals surface area (Å²) in [7, 11) is 0. The Morgan fingerprint density at radius 3 is 2.92 bits per heavy atom. The van der Waals surface area contributed by atoms with Gasteiger partial charge in [-0.3, -0.25) is 0 Å². The van der Waals surface area contributed by atoms with Gasteiger partial charge in [-0.1, -0.05) is 45.2 Å². The van der Waals surface area contributed by atoms with Crippen molar-refractivity contribution in [1.29, 1.82) is 0 Å². The molecule has 0 radical (unpaired) electrons. The quantitative estimate of drug-likeness (QED) is 0.809. The molecular formula is C9H7BrCl2O. The van der Waals surface area contributed by atoms with E-state index in [1.54, 1.807) is 0 Å². The number of halogens is 3. The topological polar surface area (TPSA) is 9.23 Å². The molecule has 0 fully saturated rings. The lowest BCUT2D eigenvalue weighted by Gasteiger charge is -2.04. The average Bonchev–Trinajstić information content (AvgIpc) is 2.14. The van der Waals surface area contributed by atoms with Gasteiger partial charge in [-0.25, -0.2) is 0 Å². The monoisotopic (exact) mass is 280 g/mol. The maximum absolute atomic E-state index is 5.65. The molecule has 70 valence electrons.